The van der Waals surface area contributed by atoms with Gasteiger partial charge in [-0.2, -0.15) is 0 Å². The van der Waals surface area contributed by atoms with Gasteiger partial charge in [0.05, 0.1) is 0 Å². The molecule has 0 saturated carbocycles. The molecule has 2 heterocycles. The van der Waals surface area contributed by atoms with E-state index in [2.05, 4.69) is 11.9 Å². The zero-order valence-corrected chi connectivity index (χ0v) is 8.32. The Bertz CT molecular complexity index is 203. The Balaban J connectivity index is 1.95. The lowest BCUT2D eigenvalue weighted by Crippen LogP contribution is -2.43. The number of rotatable bonds is 1. The van der Waals surface area contributed by atoms with Crippen LogP contribution in [-0.4, -0.2) is 36.1 Å². The van der Waals surface area contributed by atoms with Gasteiger partial charge in [0.25, 0.3) is 0 Å². The quantitative estimate of drug-likeness (QED) is 0.572. The number of hydrogen-bond donors (Lipinski definition) is 0. The fourth-order valence-electron chi connectivity index (χ4n) is 2.69. The Labute approximate surface area is 79.0 Å². The third-order valence-electron chi connectivity index (χ3n) is 3.39. The molecule has 2 rings (SSSR count). The second kappa shape index (κ2) is 3.29. The van der Waals surface area contributed by atoms with E-state index in [1.165, 1.54) is 19.8 Å². The molecule has 2 fully saturated rings. The van der Waals surface area contributed by atoms with Crippen LogP contribution in [0.4, 0.5) is 0 Å². The van der Waals surface area contributed by atoms with E-state index in [0.717, 1.165) is 12.8 Å². The first kappa shape index (κ1) is 9.00. The molecule has 3 heteroatoms. The van der Waals surface area contributed by atoms with E-state index in [-0.39, 0.29) is 12.1 Å². The summed E-state index contributed by atoms with van der Waals surface area (Å²) < 4.78 is 5.25. The number of esters is 1. The zero-order valence-electron chi connectivity index (χ0n) is 8.32. The second-order valence-corrected chi connectivity index (χ2v) is 4.25. The normalized spacial score (nSPS) is 39.1. The largest absolute Gasteiger partial charge is 0.462 e. The van der Waals surface area contributed by atoms with Crippen molar-refractivity contribution < 1.29 is 9.53 Å². The summed E-state index contributed by atoms with van der Waals surface area (Å²) in [4.78, 5) is 13.2. The minimum Gasteiger partial charge on any atom is -0.462 e. The highest BCUT2D eigenvalue weighted by molar-refractivity contribution is 5.66. The lowest BCUT2D eigenvalue weighted by atomic mass is 10.0. The summed E-state index contributed by atoms with van der Waals surface area (Å²) in [5, 5.41) is 0. The van der Waals surface area contributed by atoms with E-state index in [0.29, 0.717) is 12.1 Å². The number of carbonyl (C=O) groups is 1. The summed E-state index contributed by atoms with van der Waals surface area (Å²) in [5.41, 5.74) is 0. The van der Waals surface area contributed by atoms with Gasteiger partial charge >= 0.3 is 5.97 Å². The molecule has 0 spiro atoms. The number of ether oxygens (including phenoxy) is 1. The first-order valence-corrected chi connectivity index (χ1v) is 5.06. The predicted molar refractivity (Wildman–Crippen MR) is 49.4 cm³/mol. The smallest absolute Gasteiger partial charge is 0.302 e. The van der Waals surface area contributed by atoms with Crippen LogP contribution in [-0.2, 0) is 9.53 Å². The van der Waals surface area contributed by atoms with Crippen molar-refractivity contribution in [2.45, 2.75) is 50.8 Å². The third kappa shape index (κ3) is 1.70. The van der Waals surface area contributed by atoms with Crippen LogP contribution in [0.2, 0.25) is 0 Å². The maximum absolute atomic E-state index is 10.8. The van der Waals surface area contributed by atoms with Gasteiger partial charge < -0.3 is 9.64 Å². The van der Waals surface area contributed by atoms with Crippen LogP contribution in [0.5, 0.6) is 0 Å². The second-order valence-electron chi connectivity index (χ2n) is 4.25. The summed E-state index contributed by atoms with van der Waals surface area (Å²) in [7, 11) is 2.19. The molecule has 2 aliphatic heterocycles. The van der Waals surface area contributed by atoms with Crippen LogP contribution in [0.1, 0.15) is 32.6 Å². The zero-order chi connectivity index (χ0) is 9.42. The fraction of sp³-hybridized carbons (Fsp3) is 0.900. The van der Waals surface area contributed by atoms with Crippen molar-refractivity contribution in [1.29, 1.82) is 0 Å². The van der Waals surface area contributed by atoms with Gasteiger partial charge in [-0.25, -0.2) is 0 Å². The van der Waals surface area contributed by atoms with Gasteiger partial charge in [0, 0.05) is 19.0 Å². The maximum atomic E-state index is 10.8. The Hall–Kier alpha value is -0.570. The number of piperidine rings is 1. The standard InChI is InChI=1S/C10H17NO2/c1-7(12)13-10-5-8-3-4-9(6-10)11(8)2/h8-10H,3-6H2,1-2H3/t8-,9+,10-. The highest BCUT2D eigenvalue weighted by Gasteiger charge is 2.39. The van der Waals surface area contributed by atoms with Crippen molar-refractivity contribution in [2.24, 2.45) is 0 Å². The summed E-state index contributed by atoms with van der Waals surface area (Å²) in [6, 6.07) is 1.31. The SMILES string of the molecule is CC(=O)O[C@@H]1C[C@H]2CC[C@@H](C1)N2C. The summed E-state index contributed by atoms with van der Waals surface area (Å²) in [6.07, 6.45) is 4.81. The van der Waals surface area contributed by atoms with E-state index in [1.54, 1.807) is 0 Å². The minimum absolute atomic E-state index is 0.131. The predicted octanol–water partition coefficient (Wildman–Crippen LogP) is 1.17. The molecule has 2 aliphatic rings. The summed E-state index contributed by atoms with van der Waals surface area (Å²) >= 11 is 0. The van der Waals surface area contributed by atoms with Crippen molar-refractivity contribution in [3.63, 3.8) is 0 Å². The van der Waals surface area contributed by atoms with Crippen LogP contribution in [0.25, 0.3) is 0 Å². The van der Waals surface area contributed by atoms with Crippen molar-refractivity contribution >= 4 is 5.97 Å². The van der Waals surface area contributed by atoms with E-state index >= 15 is 0 Å². The van der Waals surface area contributed by atoms with Gasteiger partial charge in [-0.15, -0.1) is 0 Å². The Kier molecular flexibility index (Phi) is 2.28. The van der Waals surface area contributed by atoms with Crippen LogP contribution >= 0.6 is 0 Å². The molecule has 0 unspecified atom stereocenters. The topological polar surface area (TPSA) is 29.5 Å². The van der Waals surface area contributed by atoms with E-state index in [4.69, 9.17) is 4.74 Å². The molecule has 74 valence electrons. The molecule has 0 aromatic heterocycles. The summed E-state index contributed by atoms with van der Waals surface area (Å²) in [5.74, 6) is -0.131. The minimum atomic E-state index is -0.131. The van der Waals surface area contributed by atoms with E-state index in [1.807, 2.05) is 0 Å². The highest BCUT2D eigenvalue weighted by atomic mass is 16.5. The fourth-order valence-corrected chi connectivity index (χ4v) is 2.69. The number of hydrogen-bond acceptors (Lipinski definition) is 3. The van der Waals surface area contributed by atoms with Crippen molar-refractivity contribution in [3.8, 4) is 0 Å². The van der Waals surface area contributed by atoms with E-state index in [9.17, 15) is 4.79 Å². The lowest BCUT2D eigenvalue weighted by molar-refractivity contribution is -0.149. The molecule has 13 heavy (non-hydrogen) atoms. The molecule has 0 N–H and O–H groups in total. The van der Waals surface area contributed by atoms with E-state index < -0.39 is 0 Å². The number of nitrogens with zero attached hydrogens (tertiary/aromatic N) is 1. The average molecular weight is 183 g/mol. The van der Waals surface area contributed by atoms with Crippen molar-refractivity contribution in [1.82, 2.24) is 4.90 Å². The van der Waals surface area contributed by atoms with Gasteiger partial charge in [0.1, 0.15) is 6.10 Å². The molecule has 0 aromatic carbocycles. The van der Waals surface area contributed by atoms with Crippen LogP contribution in [0, 0.1) is 0 Å². The van der Waals surface area contributed by atoms with Gasteiger partial charge in [0.15, 0.2) is 0 Å². The Morgan fingerprint density at radius 1 is 1.31 bits per heavy atom. The van der Waals surface area contributed by atoms with Crippen LogP contribution in [0.3, 0.4) is 0 Å². The number of carbonyl (C=O) groups excluding carboxylic acids is 1. The monoisotopic (exact) mass is 183 g/mol. The Morgan fingerprint density at radius 3 is 2.31 bits per heavy atom. The third-order valence-corrected chi connectivity index (χ3v) is 3.39. The molecule has 0 amide bonds. The highest BCUT2D eigenvalue weighted by Crippen LogP contribution is 2.35. The maximum Gasteiger partial charge on any atom is 0.302 e. The lowest BCUT2D eigenvalue weighted by Gasteiger charge is -2.35. The molecule has 0 aromatic rings. The van der Waals surface area contributed by atoms with Crippen molar-refractivity contribution in [3.05, 3.63) is 0 Å². The van der Waals surface area contributed by atoms with Crippen LogP contribution < -0.4 is 0 Å². The first-order valence-electron chi connectivity index (χ1n) is 5.06. The van der Waals surface area contributed by atoms with Gasteiger partial charge in [0.2, 0.25) is 0 Å². The molecular weight excluding hydrogens is 166 g/mol. The molecule has 0 aliphatic carbocycles. The number of fused-ring (bicyclic) bond motifs is 2. The van der Waals surface area contributed by atoms with Crippen molar-refractivity contribution in [2.75, 3.05) is 7.05 Å². The summed E-state index contributed by atoms with van der Waals surface area (Å²) in [6.45, 7) is 1.50. The van der Waals surface area contributed by atoms with Gasteiger partial charge in [-0.3, -0.25) is 4.79 Å². The first-order chi connectivity index (χ1) is 6.16. The molecule has 2 bridgehead atoms. The average Bonchev–Trinajstić information content (AvgIpc) is 2.33. The molecule has 3 atom stereocenters. The molecular formula is C10H17NO2. The van der Waals surface area contributed by atoms with Gasteiger partial charge in [-0.1, -0.05) is 0 Å². The van der Waals surface area contributed by atoms with Gasteiger partial charge in [-0.05, 0) is 32.7 Å². The van der Waals surface area contributed by atoms with Crippen LogP contribution in [0.15, 0.2) is 0 Å². The molecule has 0 radical (unpaired) electrons. The Morgan fingerprint density at radius 2 is 1.85 bits per heavy atom. The molecule has 2 saturated heterocycles. The molecule has 3 nitrogen and oxygen atoms in total.